The molecular weight excluding hydrogens is 208 g/mol. The van der Waals surface area contributed by atoms with Crippen molar-refractivity contribution in [2.24, 2.45) is 17.3 Å². The average Bonchev–Trinajstić information content (AvgIpc) is 3.11. The molecule has 0 radical (unpaired) electrons. The van der Waals surface area contributed by atoms with Crippen LogP contribution in [0.25, 0.3) is 0 Å². The predicted octanol–water partition coefficient (Wildman–Crippen LogP) is 2.49. The molecular formula is C15H28N2. The van der Waals surface area contributed by atoms with E-state index < -0.39 is 0 Å². The lowest BCUT2D eigenvalue weighted by atomic mass is 9.84. The monoisotopic (exact) mass is 236 g/mol. The standard InChI is InChI=1S/C15H28N2/c1-15(2,3)14-10-17(9-11-4-5-11)13(8-16-14)12-6-7-12/h11-14,16H,4-10H2,1-3H3. The van der Waals surface area contributed by atoms with Gasteiger partial charge in [-0.15, -0.1) is 0 Å². The van der Waals surface area contributed by atoms with E-state index in [1.54, 1.807) is 0 Å². The molecule has 1 heterocycles. The first-order chi connectivity index (χ1) is 8.04. The zero-order chi connectivity index (χ0) is 12.0. The number of hydrogen-bond donors (Lipinski definition) is 1. The van der Waals surface area contributed by atoms with Crippen LogP contribution < -0.4 is 5.32 Å². The summed E-state index contributed by atoms with van der Waals surface area (Å²) in [6.07, 6.45) is 5.93. The smallest absolute Gasteiger partial charge is 0.0249 e. The van der Waals surface area contributed by atoms with E-state index >= 15 is 0 Å². The maximum atomic E-state index is 3.81. The van der Waals surface area contributed by atoms with Gasteiger partial charge in [0.2, 0.25) is 0 Å². The summed E-state index contributed by atoms with van der Waals surface area (Å²) in [5.41, 5.74) is 0.399. The predicted molar refractivity (Wildman–Crippen MR) is 72.1 cm³/mol. The van der Waals surface area contributed by atoms with Crippen molar-refractivity contribution in [1.29, 1.82) is 0 Å². The van der Waals surface area contributed by atoms with Crippen molar-refractivity contribution in [3.05, 3.63) is 0 Å². The topological polar surface area (TPSA) is 15.3 Å². The Morgan fingerprint density at radius 2 is 1.82 bits per heavy atom. The van der Waals surface area contributed by atoms with Crippen LogP contribution in [0.2, 0.25) is 0 Å². The Morgan fingerprint density at radius 1 is 1.12 bits per heavy atom. The second kappa shape index (κ2) is 4.24. The van der Waals surface area contributed by atoms with Gasteiger partial charge in [0.05, 0.1) is 0 Å². The number of nitrogens with zero attached hydrogens (tertiary/aromatic N) is 1. The molecule has 2 nitrogen and oxygen atoms in total. The van der Waals surface area contributed by atoms with Crippen LogP contribution >= 0.6 is 0 Å². The third-order valence-electron chi connectivity index (χ3n) is 4.86. The first kappa shape index (κ1) is 12.0. The van der Waals surface area contributed by atoms with Gasteiger partial charge in [-0.25, -0.2) is 0 Å². The van der Waals surface area contributed by atoms with E-state index in [1.807, 2.05) is 0 Å². The molecule has 17 heavy (non-hydrogen) atoms. The maximum absolute atomic E-state index is 3.81. The van der Waals surface area contributed by atoms with Gasteiger partial charge in [0.1, 0.15) is 0 Å². The summed E-state index contributed by atoms with van der Waals surface area (Å²) in [7, 11) is 0. The Kier molecular flexibility index (Phi) is 2.99. The highest BCUT2D eigenvalue weighted by molar-refractivity contribution is 4.99. The van der Waals surface area contributed by atoms with Crippen molar-refractivity contribution in [1.82, 2.24) is 10.2 Å². The van der Waals surface area contributed by atoms with Crippen LogP contribution in [0.5, 0.6) is 0 Å². The minimum atomic E-state index is 0.399. The first-order valence-corrected chi connectivity index (χ1v) is 7.51. The van der Waals surface area contributed by atoms with Crippen molar-refractivity contribution in [3.8, 4) is 0 Å². The van der Waals surface area contributed by atoms with Gasteiger partial charge in [0.25, 0.3) is 0 Å². The summed E-state index contributed by atoms with van der Waals surface area (Å²) in [5.74, 6) is 2.05. The summed E-state index contributed by atoms with van der Waals surface area (Å²) in [6.45, 7) is 11.0. The molecule has 1 N–H and O–H groups in total. The normalized spacial score (nSPS) is 36.2. The van der Waals surface area contributed by atoms with E-state index in [-0.39, 0.29) is 0 Å². The van der Waals surface area contributed by atoms with Crippen molar-refractivity contribution < 1.29 is 0 Å². The quantitative estimate of drug-likeness (QED) is 0.810. The summed E-state index contributed by atoms with van der Waals surface area (Å²) in [4.78, 5) is 2.84. The molecule has 2 atom stereocenters. The number of nitrogens with one attached hydrogen (secondary N) is 1. The number of hydrogen-bond acceptors (Lipinski definition) is 2. The van der Waals surface area contributed by atoms with Crippen molar-refractivity contribution >= 4 is 0 Å². The summed E-state index contributed by atoms with van der Waals surface area (Å²) in [6, 6.07) is 1.53. The second-order valence-electron chi connectivity index (χ2n) is 7.63. The molecule has 3 aliphatic rings. The van der Waals surface area contributed by atoms with E-state index in [4.69, 9.17) is 0 Å². The van der Waals surface area contributed by atoms with Crippen LogP contribution in [-0.4, -0.2) is 36.6 Å². The highest BCUT2D eigenvalue weighted by Gasteiger charge is 2.42. The minimum Gasteiger partial charge on any atom is -0.311 e. The fraction of sp³-hybridized carbons (Fsp3) is 1.00. The number of rotatable bonds is 3. The molecule has 3 rings (SSSR count). The van der Waals surface area contributed by atoms with Crippen molar-refractivity contribution in [2.75, 3.05) is 19.6 Å². The molecule has 0 amide bonds. The zero-order valence-corrected chi connectivity index (χ0v) is 11.7. The maximum Gasteiger partial charge on any atom is 0.0249 e. The number of piperazine rings is 1. The Labute approximate surface area is 106 Å². The van der Waals surface area contributed by atoms with E-state index in [9.17, 15) is 0 Å². The molecule has 0 aromatic carbocycles. The van der Waals surface area contributed by atoms with Gasteiger partial charge in [-0.2, -0.15) is 0 Å². The molecule has 0 aromatic heterocycles. The molecule has 1 saturated heterocycles. The Bertz CT molecular complexity index is 273. The second-order valence-corrected chi connectivity index (χ2v) is 7.63. The molecule has 0 aromatic rings. The summed E-state index contributed by atoms with van der Waals surface area (Å²) in [5, 5.41) is 3.81. The lowest BCUT2D eigenvalue weighted by Crippen LogP contribution is -2.61. The Balaban J connectivity index is 1.64. The van der Waals surface area contributed by atoms with Crippen molar-refractivity contribution in [3.63, 3.8) is 0 Å². The van der Waals surface area contributed by atoms with E-state index in [0.717, 1.165) is 17.9 Å². The van der Waals surface area contributed by atoms with Gasteiger partial charge in [-0.05, 0) is 42.9 Å². The molecule has 98 valence electrons. The average molecular weight is 236 g/mol. The van der Waals surface area contributed by atoms with Crippen LogP contribution in [0.4, 0.5) is 0 Å². The third kappa shape index (κ3) is 2.85. The fourth-order valence-corrected chi connectivity index (χ4v) is 3.19. The Morgan fingerprint density at radius 3 is 2.35 bits per heavy atom. The minimum absolute atomic E-state index is 0.399. The zero-order valence-electron chi connectivity index (χ0n) is 11.7. The molecule has 2 unspecified atom stereocenters. The SMILES string of the molecule is CC(C)(C)C1CN(CC2CC2)C(C2CC2)CN1. The van der Waals surface area contributed by atoms with E-state index in [1.165, 1.54) is 45.3 Å². The van der Waals surface area contributed by atoms with Gasteiger partial charge >= 0.3 is 0 Å². The largest absolute Gasteiger partial charge is 0.311 e. The molecule has 2 heteroatoms. The highest BCUT2D eigenvalue weighted by Crippen LogP contribution is 2.39. The molecule has 2 aliphatic carbocycles. The van der Waals surface area contributed by atoms with Crippen molar-refractivity contribution in [2.45, 2.75) is 58.5 Å². The molecule has 2 saturated carbocycles. The van der Waals surface area contributed by atoms with E-state index in [2.05, 4.69) is 31.0 Å². The van der Waals surface area contributed by atoms with Crippen LogP contribution in [-0.2, 0) is 0 Å². The lowest BCUT2D eigenvalue weighted by Gasteiger charge is -2.45. The summed E-state index contributed by atoms with van der Waals surface area (Å²) < 4.78 is 0. The third-order valence-corrected chi connectivity index (χ3v) is 4.86. The van der Waals surface area contributed by atoms with E-state index in [0.29, 0.717) is 11.5 Å². The van der Waals surface area contributed by atoms with Gasteiger partial charge in [-0.3, -0.25) is 4.90 Å². The van der Waals surface area contributed by atoms with Crippen LogP contribution in [0.15, 0.2) is 0 Å². The van der Waals surface area contributed by atoms with Crippen LogP contribution in [0.1, 0.15) is 46.5 Å². The lowest BCUT2D eigenvalue weighted by molar-refractivity contribution is 0.0712. The highest BCUT2D eigenvalue weighted by atomic mass is 15.2. The molecule has 0 bridgehead atoms. The molecule has 3 fully saturated rings. The van der Waals surface area contributed by atoms with Crippen LogP contribution in [0, 0.1) is 17.3 Å². The van der Waals surface area contributed by atoms with Crippen LogP contribution in [0.3, 0.4) is 0 Å². The van der Waals surface area contributed by atoms with Gasteiger partial charge < -0.3 is 5.32 Å². The van der Waals surface area contributed by atoms with Gasteiger partial charge in [-0.1, -0.05) is 20.8 Å². The van der Waals surface area contributed by atoms with Gasteiger partial charge in [0.15, 0.2) is 0 Å². The summed E-state index contributed by atoms with van der Waals surface area (Å²) >= 11 is 0. The molecule has 0 spiro atoms. The fourth-order valence-electron chi connectivity index (χ4n) is 3.19. The molecule has 1 aliphatic heterocycles. The Hall–Kier alpha value is -0.0800. The van der Waals surface area contributed by atoms with Gasteiger partial charge in [0, 0.05) is 31.7 Å². The first-order valence-electron chi connectivity index (χ1n) is 7.51.